The van der Waals surface area contributed by atoms with Crippen molar-refractivity contribution < 1.29 is 18.9 Å². The molecule has 1 aromatic rings. The molecule has 1 heterocycles. The maximum Gasteiger partial charge on any atom is 0.183 e. The number of hydrogen-bond acceptors (Lipinski definition) is 4. The largest absolute Gasteiger partial charge is 0.490 e. The fraction of sp³-hybridized carbons (Fsp3) is 0.571. The molecule has 0 N–H and O–H groups in total. The first kappa shape index (κ1) is 13.2. The Labute approximate surface area is 108 Å². The molecule has 1 aliphatic rings. The van der Waals surface area contributed by atoms with Crippen molar-refractivity contribution in [2.75, 3.05) is 26.4 Å². The lowest BCUT2D eigenvalue weighted by Gasteiger charge is -2.18. The first-order valence-corrected chi connectivity index (χ1v) is 6.48. The average Bonchev–Trinajstić information content (AvgIpc) is 2.62. The molecule has 0 aliphatic carbocycles. The van der Waals surface area contributed by atoms with Crippen molar-refractivity contribution in [1.29, 1.82) is 0 Å². The van der Waals surface area contributed by atoms with Crippen LogP contribution in [-0.2, 0) is 9.47 Å². The molecule has 4 heteroatoms. The molecule has 100 valence electrons. The summed E-state index contributed by atoms with van der Waals surface area (Å²) in [6, 6.07) is 5.82. The van der Waals surface area contributed by atoms with E-state index in [4.69, 9.17) is 18.9 Å². The highest BCUT2D eigenvalue weighted by Crippen LogP contribution is 2.33. The first-order chi connectivity index (χ1) is 8.85. The van der Waals surface area contributed by atoms with E-state index in [1.165, 1.54) is 0 Å². The minimum Gasteiger partial charge on any atom is -0.490 e. The predicted molar refractivity (Wildman–Crippen MR) is 68.0 cm³/mol. The highest BCUT2D eigenvalue weighted by atomic mass is 16.7. The molecule has 0 aromatic heterocycles. The maximum atomic E-state index is 5.66. The molecule has 1 aliphatic heterocycles. The molecule has 0 unspecified atom stereocenters. The molecule has 0 spiro atoms. The summed E-state index contributed by atoms with van der Waals surface area (Å²) in [6.07, 6.45) is 0.571. The van der Waals surface area contributed by atoms with Gasteiger partial charge in [-0.1, -0.05) is 6.07 Å². The fourth-order valence-corrected chi connectivity index (χ4v) is 1.87. The fourth-order valence-electron chi connectivity index (χ4n) is 1.87. The van der Waals surface area contributed by atoms with Crippen LogP contribution in [0.2, 0.25) is 0 Å². The summed E-state index contributed by atoms with van der Waals surface area (Å²) in [5.41, 5.74) is 0.961. The van der Waals surface area contributed by atoms with Crippen LogP contribution in [0.1, 0.15) is 32.1 Å². The monoisotopic (exact) mass is 252 g/mol. The first-order valence-electron chi connectivity index (χ1n) is 6.48. The molecule has 0 atom stereocenters. The van der Waals surface area contributed by atoms with Gasteiger partial charge in [-0.15, -0.1) is 0 Å². The Balaban J connectivity index is 2.19. The minimum atomic E-state index is -0.336. The Morgan fingerprint density at radius 2 is 1.72 bits per heavy atom. The average molecular weight is 252 g/mol. The van der Waals surface area contributed by atoms with E-state index in [0.717, 1.165) is 23.5 Å². The van der Waals surface area contributed by atoms with Crippen LogP contribution >= 0.6 is 0 Å². The lowest BCUT2D eigenvalue weighted by molar-refractivity contribution is -0.140. The van der Waals surface area contributed by atoms with E-state index in [-0.39, 0.29) is 6.29 Å². The van der Waals surface area contributed by atoms with E-state index in [1.54, 1.807) is 0 Å². The molecule has 4 nitrogen and oxygen atoms in total. The van der Waals surface area contributed by atoms with Crippen LogP contribution in [0.4, 0.5) is 0 Å². The highest BCUT2D eigenvalue weighted by molar-refractivity contribution is 5.43. The van der Waals surface area contributed by atoms with Crippen molar-refractivity contribution in [3.63, 3.8) is 0 Å². The number of rotatable bonds is 5. The van der Waals surface area contributed by atoms with Crippen molar-refractivity contribution in [3.8, 4) is 11.5 Å². The van der Waals surface area contributed by atoms with Gasteiger partial charge in [0, 0.05) is 25.2 Å². The normalized spacial score (nSPS) is 14.6. The summed E-state index contributed by atoms with van der Waals surface area (Å²) in [7, 11) is 0. The smallest absolute Gasteiger partial charge is 0.183 e. The van der Waals surface area contributed by atoms with Gasteiger partial charge >= 0.3 is 0 Å². The van der Waals surface area contributed by atoms with Crippen molar-refractivity contribution in [2.24, 2.45) is 0 Å². The Hall–Kier alpha value is -1.26. The molecular weight excluding hydrogens is 232 g/mol. The van der Waals surface area contributed by atoms with Gasteiger partial charge in [-0.3, -0.25) is 0 Å². The quantitative estimate of drug-likeness (QED) is 0.755. The van der Waals surface area contributed by atoms with E-state index in [0.29, 0.717) is 26.4 Å². The van der Waals surface area contributed by atoms with E-state index >= 15 is 0 Å². The SMILES string of the molecule is CCOC(OCC)c1ccc2c(c1)OCCCO2. The number of benzene rings is 1. The molecule has 18 heavy (non-hydrogen) atoms. The van der Waals surface area contributed by atoms with Crippen LogP contribution < -0.4 is 9.47 Å². The van der Waals surface area contributed by atoms with E-state index in [1.807, 2.05) is 32.0 Å². The van der Waals surface area contributed by atoms with Gasteiger partial charge in [0.05, 0.1) is 13.2 Å². The van der Waals surface area contributed by atoms with Gasteiger partial charge < -0.3 is 18.9 Å². The molecule has 0 amide bonds. The van der Waals surface area contributed by atoms with Gasteiger partial charge in [-0.25, -0.2) is 0 Å². The zero-order valence-corrected chi connectivity index (χ0v) is 11.0. The molecule has 0 saturated carbocycles. The van der Waals surface area contributed by atoms with E-state index in [9.17, 15) is 0 Å². The molecular formula is C14H20O4. The summed E-state index contributed by atoms with van der Waals surface area (Å²) >= 11 is 0. The van der Waals surface area contributed by atoms with Crippen LogP contribution in [0.15, 0.2) is 18.2 Å². The Morgan fingerprint density at radius 1 is 1.06 bits per heavy atom. The van der Waals surface area contributed by atoms with Gasteiger partial charge in [-0.05, 0) is 26.0 Å². The molecule has 0 saturated heterocycles. The van der Waals surface area contributed by atoms with Gasteiger partial charge in [0.25, 0.3) is 0 Å². The van der Waals surface area contributed by atoms with Crippen LogP contribution in [0.25, 0.3) is 0 Å². The topological polar surface area (TPSA) is 36.9 Å². The third kappa shape index (κ3) is 3.15. The van der Waals surface area contributed by atoms with Gasteiger partial charge in [-0.2, -0.15) is 0 Å². The lowest BCUT2D eigenvalue weighted by Crippen LogP contribution is -2.09. The summed E-state index contributed by atoms with van der Waals surface area (Å²) in [5, 5.41) is 0. The van der Waals surface area contributed by atoms with Crippen LogP contribution in [0.3, 0.4) is 0 Å². The second-order valence-electron chi connectivity index (χ2n) is 4.00. The number of hydrogen-bond donors (Lipinski definition) is 0. The number of fused-ring (bicyclic) bond motifs is 1. The zero-order valence-electron chi connectivity index (χ0n) is 11.0. The summed E-state index contributed by atoms with van der Waals surface area (Å²) in [4.78, 5) is 0. The lowest BCUT2D eigenvalue weighted by atomic mass is 10.2. The van der Waals surface area contributed by atoms with Crippen LogP contribution in [0, 0.1) is 0 Å². The van der Waals surface area contributed by atoms with Crippen molar-refractivity contribution in [3.05, 3.63) is 23.8 Å². The van der Waals surface area contributed by atoms with Gasteiger partial charge in [0.2, 0.25) is 0 Å². The Kier molecular flexibility index (Phi) is 4.84. The van der Waals surface area contributed by atoms with Crippen molar-refractivity contribution >= 4 is 0 Å². The Bertz CT molecular complexity index is 372. The van der Waals surface area contributed by atoms with E-state index < -0.39 is 0 Å². The third-order valence-corrected chi connectivity index (χ3v) is 2.68. The standard InChI is InChI=1S/C14H20O4/c1-3-15-14(16-4-2)11-6-7-12-13(10-11)18-9-5-8-17-12/h6-7,10,14H,3-5,8-9H2,1-2H3. The molecule has 0 bridgehead atoms. The minimum absolute atomic E-state index is 0.336. The summed E-state index contributed by atoms with van der Waals surface area (Å²) < 4.78 is 22.4. The molecule has 0 radical (unpaired) electrons. The number of ether oxygens (including phenoxy) is 4. The van der Waals surface area contributed by atoms with Crippen molar-refractivity contribution in [2.45, 2.75) is 26.6 Å². The predicted octanol–water partition coefficient (Wildman–Crippen LogP) is 2.92. The molecule has 2 rings (SSSR count). The van der Waals surface area contributed by atoms with E-state index in [2.05, 4.69) is 0 Å². The maximum absolute atomic E-state index is 5.66. The summed E-state index contributed by atoms with van der Waals surface area (Å²) in [5.74, 6) is 1.57. The zero-order chi connectivity index (χ0) is 12.8. The summed E-state index contributed by atoms with van der Waals surface area (Å²) in [6.45, 7) is 6.51. The van der Waals surface area contributed by atoms with Gasteiger partial charge in [0.1, 0.15) is 0 Å². The van der Waals surface area contributed by atoms with Crippen molar-refractivity contribution in [1.82, 2.24) is 0 Å². The third-order valence-electron chi connectivity index (χ3n) is 2.68. The molecule has 1 aromatic carbocycles. The van der Waals surface area contributed by atoms with Crippen LogP contribution in [0.5, 0.6) is 11.5 Å². The Morgan fingerprint density at radius 3 is 2.39 bits per heavy atom. The highest BCUT2D eigenvalue weighted by Gasteiger charge is 2.16. The second-order valence-corrected chi connectivity index (χ2v) is 4.00. The van der Waals surface area contributed by atoms with Gasteiger partial charge in [0.15, 0.2) is 17.8 Å². The second kappa shape index (κ2) is 6.61. The van der Waals surface area contributed by atoms with Crippen LogP contribution in [-0.4, -0.2) is 26.4 Å². The molecule has 0 fully saturated rings.